The van der Waals surface area contributed by atoms with Crippen LogP contribution in [0.5, 0.6) is 0 Å². The Balaban J connectivity index is 2.09. The van der Waals surface area contributed by atoms with Gasteiger partial charge in [0.1, 0.15) is 5.82 Å². The highest BCUT2D eigenvalue weighted by atomic mass is 16.5. The molecule has 0 saturated carbocycles. The Morgan fingerprint density at radius 3 is 3.16 bits per heavy atom. The summed E-state index contributed by atoms with van der Waals surface area (Å²) in [7, 11) is 1.37. The van der Waals surface area contributed by atoms with Crippen LogP contribution in [0.2, 0.25) is 0 Å². The first kappa shape index (κ1) is 13.6. The fourth-order valence-electron chi connectivity index (χ4n) is 2.40. The Morgan fingerprint density at radius 2 is 2.47 bits per heavy atom. The van der Waals surface area contributed by atoms with Crippen molar-refractivity contribution < 1.29 is 9.53 Å². The second-order valence-corrected chi connectivity index (χ2v) is 4.70. The molecule has 6 heteroatoms. The van der Waals surface area contributed by atoms with Gasteiger partial charge in [-0.1, -0.05) is 0 Å². The third kappa shape index (κ3) is 2.96. The zero-order valence-electron chi connectivity index (χ0n) is 11.3. The van der Waals surface area contributed by atoms with Crippen molar-refractivity contribution in [3.05, 3.63) is 23.4 Å². The number of nitrogens with two attached hydrogens (primary N) is 1. The normalized spacial score (nSPS) is 18.5. The smallest absolute Gasteiger partial charge is 0.407 e. The predicted molar refractivity (Wildman–Crippen MR) is 73.0 cm³/mol. The molecule has 1 aliphatic rings. The number of anilines is 1. The van der Waals surface area contributed by atoms with Gasteiger partial charge in [-0.3, -0.25) is 0 Å². The molecular weight excluding hydrogens is 244 g/mol. The van der Waals surface area contributed by atoms with Gasteiger partial charge in [0, 0.05) is 31.4 Å². The van der Waals surface area contributed by atoms with E-state index in [1.165, 1.54) is 7.11 Å². The lowest BCUT2D eigenvalue weighted by Crippen LogP contribution is -2.37. The second-order valence-electron chi connectivity index (χ2n) is 4.70. The number of carbonyl (C=O) groups is 1. The summed E-state index contributed by atoms with van der Waals surface area (Å²) in [6.45, 7) is 4.10. The topological polar surface area (TPSA) is 80.5 Å². The van der Waals surface area contributed by atoms with E-state index < -0.39 is 0 Å². The highest BCUT2D eigenvalue weighted by molar-refractivity contribution is 5.67. The van der Waals surface area contributed by atoms with E-state index in [2.05, 4.69) is 19.9 Å². The maximum absolute atomic E-state index is 11.2. The summed E-state index contributed by atoms with van der Waals surface area (Å²) in [5.41, 5.74) is 8.02. The van der Waals surface area contributed by atoms with Crippen LogP contribution >= 0.6 is 0 Å². The summed E-state index contributed by atoms with van der Waals surface area (Å²) in [5, 5.41) is 2.82. The highest BCUT2D eigenvalue weighted by Gasteiger charge is 2.26. The number of nitrogens with zero attached hydrogens (tertiary/aromatic N) is 2. The fraction of sp³-hybridized carbons (Fsp3) is 0.538. The minimum Gasteiger partial charge on any atom is -0.453 e. The number of nitrogens with one attached hydrogen (secondary N) is 1. The predicted octanol–water partition coefficient (Wildman–Crippen LogP) is 0.783. The molecule has 0 spiro atoms. The molecule has 104 valence electrons. The van der Waals surface area contributed by atoms with Gasteiger partial charge in [-0.15, -0.1) is 0 Å². The van der Waals surface area contributed by atoms with Crippen molar-refractivity contribution >= 4 is 11.9 Å². The molecule has 0 aliphatic carbocycles. The van der Waals surface area contributed by atoms with Crippen molar-refractivity contribution in [3.63, 3.8) is 0 Å². The number of alkyl carbamates (subject to hydrolysis) is 1. The Labute approximate surface area is 112 Å². The standard InChI is InChI=1S/C13H20N4O2/c1-9-3-5-15-12(11(9)7-14)17-6-4-10(8-17)16-13(18)19-2/h3,5,10H,4,6-8,14H2,1-2H3,(H,16,18). The number of hydrogen-bond donors (Lipinski definition) is 2. The van der Waals surface area contributed by atoms with E-state index in [9.17, 15) is 4.79 Å². The molecule has 0 aromatic carbocycles. The van der Waals surface area contributed by atoms with E-state index in [1.54, 1.807) is 6.20 Å². The van der Waals surface area contributed by atoms with Crippen molar-refractivity contribution in [2.45, 2.75) is 25.9 Å². The zero-order chi connectivity index (χ0) is 13.8. The largest absolute Gasteiger partial charge is 0.453 e. The van der Waals surface area contributed by atoms with E-state index in [4.69, 9.17) is 5.73 Å². The van der Waals surface area contributed by atoms with Gasteiger partial charge in [-0.25, -0.2) is 9.78 Å². The molecule has 1 atom stereocenters. The molecule has 2 rings (SSSR count). The Morgan fingerprint density at radius 1 is 1.68 bits per heavy atom. The van der Waals surface area contributed by atoms with E-state index in [-0.39, 0.29) is 12.1 Å². The van der Waals surface area contributed by atoms with Crippen molar-refractivity contribution in [2.24, 2.45) is 5.73 Å². The molecule has 6 nitrogen and oxygen atoms in total. The van der Waals surface area contributed by atoms with Gasteiger partial charge in [0.15, 0.2) is 0 Å². The van der Waals surface area contributed by atoms with Gasteiger partial charge in [0.2, 0.25) is 0 Å². The van der Waals surface area contributed by atoms with Crippen molar-refractivity contribution in [1.29, 1.82) is 0 Å². The van der Waals surface area contributed by atoms with Crippen LogP contribution in [0.4, 0.5) is 10.6 Å². The Kier molecular flexibility index (Phi) is 4.21. The van der Waals surface area contributed by atoms with Gasteiger partial charge >= 0.3 is 6.09 Å². The van der Waals surface area contributed by atoms with Crippen LogP contribution in [0.15, 0.2) is 12.3 Å². The number of amides is 1. The molecule has 1 fully saturated rings. The van der Waals surface area contributed by atoms with Gasteiger partial charge in [0.25, 0.3) is 0 Å². The molecule has 0 bridgehead atoms. The number of pyridine rings is 1. The fourth-order valence-corrected chi connectivity index (χ4v) is 2.40. The Bertz CT molecular complexity index is 464. The van der Waals surface area contributed by atoms with E-state index in [0.717, 1.165) is 36.5 Å². The number of rotatable bonds is 3. The molecule has 19 heavy (non-hydrogen) atoms. The molecular formula is C13H20N4O2. The highest BCUT2D eigenvalue weighted by Crippen LogP contribution is 2.24. The quantitative estimate of drug-likeness (QED) is 0.843. The first-order valence-electron chi connectivity index (χ1n) is 6.39. The molecule has 1 aromatic rings. The summed E-state index contributed by atoms with van der Waals surface area (Å²) in [6, 6.07) is 2.06. The maximum Gasteiger partial charge on any atom is 0.407 e. The van der Waals surface area contributed by atoms with E-state index in [0.29, 0.717) is 6.54 Å². The van der Waals surface area contributed by atoms with Crippen molar-refractivity contribution in [3.8, 4) is 0 Å². The summed E-state index contributed by atoms with van der Waals surface area (Å²) >= 11 is 0. The van der Waals surface area contributed by atoms with Crippen LogP contribution in [0.3, 0.4) is 0 Å². The lowest BCUT2D eigenvalue weighted by atomic mass is 10.1. The summed E-state index contributed by atoms with van der Waals surface area (Å²) in [6.07, 6.45) is 2.29. The van der Waals surface area contributed by atoms with Gasteiger partial charge in [-0.05, 0) is 25.0 Å². The lowest BCUT2D eigenvalue weighted by Gasteiger charge is -2.21. The molecule has 1 aliphatic heterocycles. The average molecular weight is 264 g/mol. The second kappa shape index (κ2) is 5.88. The van der Waals surface area contributed by atoms with Crippen LogP contribution in [0.25, 0.3) is 0 Å². The minimum atomic E-state index is -0.386. The van der Waals surface area contributed by atoms with Crippen LogP contribution in [0.1, 0.15) is 17.5 Å². The summed E-state index contributed by atoms with van der Waals surface area (Å²) < 4.78 is 4.61. The van der Waals surface area contributed by atoms with Crippen molar-refractivity contribution in [1.82, 2.24) is 10.3 Å². The first-order valence-corrected chi connectivity index (χ1v) is 6.39. The minimum absolute atomic E-state index is 0.0976. The molecule has 1 saturated heterocycles. The summed E-state index contributed by atoms with van der Waals surface area (Å²) in [5.74, 6) is 0.927. The molecule has 0 radical (unpaired) electrons. The Hall–Kier alpha value is -1.82. The molecule has 1 amide bonds. The van der Waals surface area contributed by atoms with Gasteiger partial charge < -0.3 is 20.7 Å². The van der Waals surface area contributed by atoms with E-state index in [1.807, 2.05) is 13.0 Å². The van der Waals surface area contributed by atoms with Crippen LogP contribution in [0, 0.1) is 6.92 Å². The first-order chi connectivity index (χ1) is 9.15. The molecule has 2 heterocycles. The monoisotopic (exact) mass is 264 g/mol. The number of ether oxygens (including phenoxy) is 1. The molecule has 1 aromatic heterocycles. The average Bonchev–Trinajstić information content (AvgIpc) is 2.86. The van der Waals surface area contributed by atoms with Gasteiger partial charge in [-0.2, -0.15) is 0 Å². The SMILES string of the molecule is COC(=O)NC1CCN(c2nccc(C)c2CN)C1. The molecule has 3 N–H and O–H groups in total. The number of aromatic nitrogens is 1. The van der Waals surface area contributed by atoms with Crippen LogP contribution in [-0.2, 0) is 11.3 Å². The number of carbonyl (C=O) groups excluding carboxylic acids is 1. The zero-order valence-corrected chi connectivity index (χ0v) is 11.3. The van der Waals surface area contributed by atoms with Gasteiger partial charge in [0.05, 0.1) is 13.2 Å². The third-order valence-electron chi connectivity index (χ3n) is 3.47. The number of methoxy groups -OCH3 is 1. The van der Waals surface area contributed by atoms with Crippen molar-refractivity contribution in [2.75, 3.05) is 25.1 Å². The van der Waals surface area contributed by atoms with E-state index >= 15 is 0 Å². The summed E-state index contributed by atoms with van der Waals surface area (Å²) in [4.78, 5) is 17.8. The van der Waals surface area contributed by atoms with Crippen LogP contribution in [-0.4, -0.2) is 37.3 Å². The number of aryl methyl sites for hydroxylation is 1. The lowest BCUT2D eigenvalue weighted by molar-refractivity contribution is 0.167. The third-order valence-corrected chi connectivity index (χ3v) is 3.47. The number of hydrogen-bond acceptors (Lipinski definition) is 5. The maximum atomic E-state index is 11.2. The van der Waals surface area contributed by atoms with Crippen LogP contribution < -0.4 is 16.0 Å². The molecule has 1 unspecified atom stereocenters.